The van der Waals surface area contributed by atoms with Gasteiger partial charge in [0.05, 0.1) is 7.11 Å². The zero-order valence-corrected chi connectivity index (χ0v) is 9.87. The minimum atomic E-state index is -0.215. The molecule has 4 heteroatoms. The van der Waals surface area contributed by atoms with Crippen LogP contribution in [0, 0.1) is 3.57 Å². The standard InChI is InChI=1S/C10H10INO2/c1-14-10(13)9-5-6-4-7(11)2-3-8(6)12-9/h2-4,9,12H,5H2,1H3. The lowest BCUT2D eigenvalue weighted by Crippen LogP contribution is -2.27. The average molecular weight is 303 g/mol. The molecule has 14 heavy (non-hydrogen) atoms. The molecule has 0 saturated carbocycles. The van der Waals surface area contributed by atoms with Crippen LogP contribution in [0.5, 0.6) is 0 Å². The van der Waals surface area contributed by atoms with Crippen LogP contribution in [0.3, 0.4) is 0 Å². The second-order valence-corrected chi connectivity index (χ2v) is 4.47. The molecule has 2 rings (SSSR count). The van der Waals surface area contributed by atoms with Gasteiger partial charge in [-0.15, -0.1) is 0 Å². The molecule has 3 nitrogen and oxygen atoms in total. The van der Waals surface area contributed by atoms with Crippen molar-refractivity contribution >= 4 is 34.2 Å². The number of ether oxygens (including phenoxy) is 1. The van der Waals surface area contributed by atoms with E-state index in [1.165, 1.54) is 16.2 Å². The maximum Gasteiger partial charge on any atom is 0.328 e. The van der Waals surface area contributed by atoms with Crippen LogP contribution < -0.4 is 5.32 Å². The summed E-state index contributed by atoms with van der Waals surface area (Å²) in [6, 6.07) is 5.89. The summed E-state index contributed by atoms with van der Waals surface area (Å²) in [4.78, 5) is 11.3. The number of esters is 1. The molecular formula is C10H10INO2. The summed E-state index contributed by atoms with van der Waals surface area (Å²) in [5, 5.41) is 3.13. The molecule has 1 atom stereocenters. The van der Waals surface area contributed by atoms with Crippen LogP contribution in [-0.4, -0.2) is 19.1 Å². The first-order valence-corrected chi connectivity index (χ1v) is 5.41. The highest BCUT2D eigenvalue weighted by atomic mass is 127. The fraction of sp³-hybridized carbons (Fsp3) is 0.300. The molecule has 1 aromatic carbocycles. The summed E-state index contributed by atoms with van der Waals surface area (Å²) in [6.07, 6.45) is 0.721. The Morgan fingerprint density at radius 3 is 3.14 bits per heavy atom. The lowest BCUT2D eigenvalue weighted by Gasteiger charge is -2.07. The summed E-state index contributed by atoms with van der Waals surface area (Å²) < 4.78 is 5.88. The van der Waals surface area contributed by atoms with Gasteiger partial charge in [0, 0.05) is 15.7 Å². The van der Waals surface area contributed by atoms with Crippen molar-refractivity contribution in [2.24, 2.45) is 0 Å². The molecule has 0 saturated heterocycles. The summed E-state index contributed by atoms with van der Waals surface area (Å²) in [6.45, 7) is 0. The Labute approximate surface area is 96.0 Å². The highest BCUT2D eigenvalue weighted by Gasteiger charge is 2.27. The van der Waals surface area contributed by atoms with Gasteiger partial charge in [-0.3, -0.25) is 0 Å². The molecule has 1 unspecified atom stereocenters. The molecule has 1 N–H and O–H groups in total. The zero-order valence-electron chi connectivity index (χ0n) is 7.71. The number of rotatable bonds is 1. The van der Waals surface area contributed by atoms with Gasteiger partial charge in [0.25, 0.3) is 0 Å². The van der Waals surface area contributed by atoms with Crippen molar-refractivity contribution in [3.8, 4) is 0 Å². The summed E-state index contributed by atoms with van der Waals surface area (Å²) in [7, 11) is 1.41. The SMILES string of the molecule is COC(=O)C1Cc2cc(I)ccc2N1. The van der Waals surface area contributed by atoms with Gasteiger partial charge < -0.3 is 10.1 Å². The number of hydrogen-bond acceptors (Lipinski definition) is 3. The van der Waals surface area contributed by atoms with Crippen molar-refractivity contribution in [3.63, 3.8) is 0 Å². The van der Waals surface area contributed by atoms with Crippen LogP contribution >= 0.6 is 22.6 Å². The molecule has 0 fully saturated rings. The first-order valence-electron chi connectivity index (χ1n) is 4.33. The van der Waals surface area contributed by atoms with Gasteiger partial charge in [0.1, 0.15) is 6.04 Å². The smallest absolute Gasteiger partial charge is 0.328 e. The Balaban J connectivity index is 2.22. The van der Waals surface area contributed by atoms with Crippen LogP contribution in [0.15, 0.2) is 18.2 Å². The number of nitrogens with one attached hydrogen (secondary N) is 1. The Kier molecular flexibility index (Phi) is 2.62. The highest BCUT2D eigenvalue weighted by molar-refractivity contribution is 14.1. The first-order chi connectivity index (χ1) is 6.70. The molecule has 0 amide bonds. The van der Waals surface area contributed by atoms with Gasteiger partial charge in [0.15, 0.2) is 0 Å². The normalized spacial score (nSPS) is 18.6. The van der Waals surface area contributed by atoms with Crippen LogP contribution in [0.1, 0.15) is 5.56 Å². The van der Waals surface area contributed by atoms with E-state index in [2.05, 4.69) is 34.0 Å². The van der Waals surface area contributed by atoms with Crippen LogP contribution in [-0.2, 0) is 16.0 Å². The zero-order chi connectivity index (χ0) is 10.1. The third kappa shape index (κ3) is 1.70. The molecular weight excluding hydrogens is 293 g/mol. The molecule has 1 heterocycles. The molecule has 74 valence electrons. The highest BCUT2D eigenvalue weighted by Crippen LogP contribution is 2.27. The number of benzene rings is 1. The van der Waals surface area contributed by atoms with E-state index < -0.39 is 0 Å². The first kappa shape index (κ1) is 9.76. The minimum Gasteiger partial charge on any atom is -0.467 e. The van der Waals surface area contributed by atoms with Gasteiger partial charge in [-0.2, -0.15) is 0 Å². The Bertz CT molecular complexity index is 378. The van der Waals surface area contributed by atoms with Gasteiger partial charge in [-0.05, 0) is 46.4 Å². The number of hydrogen-bond donors (Lipinski definition) is 1. The lowest BCUT2D eigenvalue weighted by atomic mass is 10.1. The van der Waals surface area contributed by atoms with Gasteiger partial charge >= 0.3 is 5.97 Å². The molecule has 1 aliphatic heterocycles. The second kappa shape index (κ2) is 3.76. The topological polar surface area (TPSA) is 38.3 Å². The van der Waals surface area contributed by atoms with Crippen molar-refractivity contribution in [1.82, 2.24) is 0 Å². The van der Waals surface area contributed by atoms with Gasteiger partial charge in [0.2, 0.25) is 0 Å². The third-order valence-corrected chi connectivity index (χ3v) is 2.98. The largest absolute Gasteiger partial charge is 0.467 e. The molecule has 1 aromatic rings. The van der Waals surface area contributed by atoms with E-state index >= 15 is 0 Å². The number of methoxy groups -OCH3 is 1. The van der Waals surface area contributed by atoms with Crippen LogP contribution in [0.4, 0.5) is 5.69 Å². The van der Waals surface area contributed by atoms with E-state index in [9.17, 15) is 4.79 Å². The fourth-order valence-corrected chi connectivity index (χ4v) is 2.17. The predicted molar refractivity (Wildman–Crippen MR) is 62.3 cm³/mol. The van der Waals surface area contributed by atoms with Crippen LogP contribution in [0.25, 0.3) is 0 Å². The van der Waals surface area contributed by atoms with Crippen molar-refractivity contribution < 1.29 is 9.53 Å². The Morgan fingerprint density at radius 1 is 1.64 bits per heavy atom. The minimum absolute atomic E-state index is 0.198. The third-order valence-electron chi connectivity index (χ3n) is 2.31. The second-order valence-electron chi connectivity index (χ2n) is 3.23. The Hall–Kier alpha value is -0.780. The summed E-state index contributed by atoms with van der Waals surface area (Å²) in [5.74, 6) is -0.198. The van der Waals surface area contributed by atoms with E-state index in [1.54, 1.807) is 0 Å². The number of fused-ring (bicyclic) bond motifs is 1. The lowest BCUT2D eigenvalue weighted by molar-refractivity contribution is -0.141. The Morgan fingerprint density at radius 2 is 2.43 bits per heavy atom. The monoisotopic (exact) mass is 303 g/mol. The molecule has 0 radical (unpaired) electrons. The number of halogens is 1. The van der Waals surface area contributed by atoms with E-state index in [0.717, 1.165) is 12.1 Å². The molecule has 0 spiro atoms. The molecule has 0 aromatic heterocycles. The number of carbonyl (C=O) groups excluding carboxylic acids is 1. The summed E-state index contributed by atoms with van der Waals surface area (Å²) in [5.41, 5.74) is 2.23. The predicted octanol–water partition coefficient (Wildman–Crippen LogP) is 1.80. The van der Waals surface area contributed by atoms with E-state index in [0.29, 0.717) is 0 Å². The number of anilines is 1. The fourth-order valence-electron chi connectivity index (χ4n) is 1.62. The van der Waals surface area contributed by atoms with Crippen molar-refractivity contribution in [3.05, 3.63) is 27.3 Å². The van der Waals surface area contributed by atoms with Gasteiger partial charge in [-0.25, -0.2) is 4.79 Å². The maximum atomic E-state index is 11.3. The molecule has 0 bridgehead atoms. The molecule has 1 aliphatic rings. The van der Waals surface area contributed by atoms with Crippen molar-refractivity contribution in [1.29, 1.82) is 0 Å². The quantitative estimate of drug-likeness (QED) is 0.635. The van der Waals surface area contributed by atoms with Crippen molar-refractivity contribution in [2.45, 2.75) is 12.5 Å². The molecule has 0 aliphatic carbocycles. The van der Waals surface area contributed by atoms with E-state index in [4.69, 9.17) is 4.74 Å². The maximum absolute atomic E-state index is 11.3. The van der Waals surface area contributed by atoms with Crippen LogP contribution in [0.2, 0.25) is 0 Å². The van der Waals surface area contributed by atoms with E-state index in [1.807, 2.05) is 12.1 Å². The van der Waals surface area contributed by atoms with Gasteiger partial charge in [-0.1, -0.05) is 0 Å². The average Bonchev–Trinajstić information content (AvgIpc) is 2.59. The number of carbonyl (C=O) groups is 1. The van der Waals surface area contributed by atoms with Crippen molar-refractivity contribution in [2.75, 3.05) is 12.4 Å². The summed E-state index contributed by atoms with van der Waals surface area (Å²) >= 11 is 2.26. The van der Waals surface area contributed by atoms with E-state index in [-0.39, 0.29) is 12.0 Å².